The molecule has 3 aromatic rings. The van der Waals surface area contributed by atoms with Crippen molar-refractivity contribution >= 4 is 21.9 Å². The molecule has 0 atom stereocenters. The number of carbonyl (C=O) groups is 1. The fraction of sp³-hybridized carbons (Fsp3) is 0.333. The first-order valence-electron chi connectivity index (χ1n) is 10.2. The van der Waals surface area contributed by atoms with Crippen molar-refractivity contribution in [2.75, 3.05) is 13.2 Å². The number of imidazole rings is 1. The van der Waals surface area contributed by atoms with E-state index in [1.807, 2.05) is 25.1 Å². The first kappa shape index (κ1) is 20.7. The minimum Gasteiger partial charge on any atom is -0.493 e. The summed E-state index contributed by atoms with van der Waals surface area (Å²) in [6.45, 7) is 3.06. The van der Waals surface area contributed by atoms with Gasteiger partial charge in [-0.25, -0.2) is 4.98 Å². The Morgan fingerprint density at radius 2 is 1.90 bits per heavy atom. The van der Waals surface area contributed by atoms with Crippen LogP contribution in [0.2, 0.25) is 0 Å². The van der Waals surface area contributed by atoms with Gasteiger partial charge in [0.05, 0.1) is 18.9 Å². The van der Waals surface area contributed by atoms with Crippen LogP contribution in [0.5, 0.6) is 5.75 Å². The van der Waals surface area contributed by atoms with E-state index in [0.29, 0.717) is 19.6 Å². The van der Waals surface area contributed by atoms with Gasteiger partial charge in [-0.1, -0.05) is 34.1 Å². The number of nitrogens with zero attached hydrogens (tertiary/aromatic N) is 2. The molecule has 0 unspecified atom stereocenters. The smallest absolute Gasteiger partial charge is 0.306 e. The van der Waals surface area contributed by atoms with Gasteiger partial charge < -0.3 is 14.0 Å². The number of cyclic esters (lactones) is 1. The van der Waals surface area contributed by atoms with Crippen LogP contribution in [-0.4, -0.2) is 28.7 Å². The van der Waals surface area contributed by atoms with E-state index in [1.54, 1.807) is 0 Å². The zero-order valence-electron chi connectivity index (χ0n) is 17.3. The van der Waals surface area contributed by atoms with Crippen LogP contribution in [0.25, 0.3) is 11.4 Å². The average Bonchev–Trinajstić information content (AvgIpc) is 3.00. The quantitative estimate of drug-likeness (QED) is 0.504. The Labute approximate surface area is 185 Å². The minimum absolute atomic E-state index is 0.116. The Kier molecular flexibility index (Phi) is 6.23. The standard InChI is InChI=1S/C24H25BrN2O3/c1-16-22(27(2)24(26-16)18-3-7-20(25)8-4-18)12-14-29-21-9-5-17-6-10-23(28)30-13-11-19(17)15-21/h3-5,7-9,15H,6,10-14H2,1-2H3. The Morgan fingerprint density at radius 1 is 1.10 bits per heavy atom. The minimum atomic E-state index is -0.116. The fourth-order valence-corrected chi connectivity index (χ4v) is 4.16. The van der Waals surface area contributed by atoms with Crippen LogP contribution in [0, 0.1) is 6.92 Å². The van der Waals surface area contributed by atoms with Crippen molar-refractivity contribution < 1.29 is 14.3 Å². The van der Waals surface area contributed by atoms with Crippen molar-refractivity contribution in [3.63, 3.8) is 0 Å². The van der Waals surface area contributed by atoms with Crippen molar-refractivity contribution in [1.29, 1.82) is 0 Å². The van der Waals surface area contributed by atoms with Gasteiger partial charge in [0.2, 0.25) is 0 Å². The molecule has 0 fully saturated rings. The van der Waals surface area contributed by atoms with Crippen molar-refractivity contribution in [1.82, 2.24) is 9.55 Å². The molecule has 0 aliphatic carbocycles. The number of carbonyl (C=O) groups excluding carboxylic acids is 1. The number of aryl methyl sites for hydroxylation is 2. The molecule has 0 saturated heterocycles. The second kappa shape index (κ2) is 9.04. The molecule has 0 saturated carbocycles. The maximum absolute atomic E-state index is 11.5. The lowest BCUT2D eigenvalue weighted by Crippen LogP contribution is -2.14. The largest absolute Gasteiger partial charge is 0.493 e. The summed E-state index contributed by atoms with van der Waals surface area (Å²) in [4.78, 5) is 16.3. The number of rotatable bonds is 5. The summed E-state index contributed by atoms with van der Waals surface area (Å²) < 4.78 is 14.5. The number of hydrogen-bond acceptors (Lipinski definition) is 4. The van der Waals surface area contributed by atoms with Gasteiger partial charge in [0.1, 0.15) is 11.6 Å². The van der Waals surface area contributed by atoms with E-state index < -0.39 is 0 Å². The summed E-state index contributed by atoms with van der Waals surface area (Å²) in [6.07, 6.45) is 2.67. The normalized spacial score (nSPS) is 13.9. The Balaban J connectivity index is 1.43. The first-order valence-corrected chi connectivity index (χ1v) is 11.0. The first-order chi connectivity index (χ1) is 14.5. The van der Waals surface area contributed by atoms with Crippen molar-refractivity contribution in [3.05, 3.63) is 69.5 Å². The van der Waals surface area contributed by atoms with Crippen molar-refractivity contribution in [3.8, 4) is 17.1 Å². The van der Waals surface area contributed by atoms with Crippen LogP contribution in [0.15, 0.2) is 46.9 Å². The van der Waals surface area contributed by atoms with Crippen molar-refractivity contribution in [2.45, 2.75) is 32.6 Å². The third-order valence-corrected chi connectivity index (χ3v) is 6.06. The van der Waals surface area contributed by atoms with Crippen LogP contribution in [0.3, 0.4) is 0 Å². The van der Waals surface area contributed by atoms with Gasteiger partial charge in [-0.05, 0) is 48.7 Å². The molecule has 1 aromatic heterocycles. The molecule has 0 bridgehead atoms. The molecule has 5 nitrogen and oxygen atoms in total. The van der Waals surface area contributed by atoms with Crippen LogP contribution >= 0.6 is 15.9 Å². The summed E-state index contributed by atoms with van der Waals surface area (Å²) in [5.41, 5.74) is 5.71. The fourth-order valence-electron chi connectivity index (χ4n) is 3.89. The summed E-state index contributed by atoms with van der Waals surface area (Å²) in [5, 5.41) is 0. The number of hydrogen-bond donors (Lipinski definition) is 0. The summed E-state index contributed by atoms with van der Waals surface area (Å²) in [7, 11) is 2.05. The SMILES string of the molecule is Cc1nc(-c2ccc(Br)cc2)n(C)c1CCOc1ccc2c(c1)CCOC(=O)CC2. The molecule has 1 aliphatic heterocycles. The number of aromatic nitrogens is 2. The highest BCUT2D eigenvalue weighted by atomic mass is 79.9. The highest BCUT2D eigenvalue weighted by Gasteiger charge is 2.15. The lowest BCUT2D eigenvalue weighted by atomic mass is 9.99. The van der Waals surface area contributed by atoms with Gasteiger partial charge in [-0.2, -0.15) is 0 Å². The molecule has 156 valence electrons. The van der Waals surface area contributed by atoms with E-state index in [2.05, 4.69) is 51.8 Å². The van der Waals surface area contributed by atoms with Gasteiger partial charge in [0.15, 0.2) is 0 Å². The topological polar surface area (TPSA) is 53.4 Å². The van der Waals surface area contributed by atoms with E-state index >= 15 is 0 Å². The predicted molar refractivity (Wildman–Crippen MR) is 120 cm³/mol. The second-order valence-electron chi connectivity index (χ2n) is 7.53. The van der Waals surface area contributed by atoms with Crippen LogP contribution in [0.1, 0.15) is 28.9 Å². The number of ether oxygens (including phenoxy) is 2. The molecule has 0 spiro atoms. The lowest BCUT2D eigenvalue weighted by molar-refractivity contribution is -0.143. The molecule has 0 N–H and O–H groups in total. The zero-order valence-corrected chi connectivity index (χ0v) is 18.9. The molecule has 0 amide bonds. The van der Waals surface area contributed by atoms with Gasteiger partial charge in [-0.3, -0.25) is 4.79 Å². The molecule has 2 aromatic carbocycles. The number of benzene rings is 2. The molecule has 6 heteroatoms. The average molecular weight is 469 g/mol. The highest BCUT2D eigenvalue weighted by Crippen LogP contribution is 2.25. The summed E-state index contributed by atoms with van der Waals surface area (Å²) >= 11 is 3.48. The lowest BCUT2D eigenvalue weighted by Gasteiger charge is -2.16. The monoisotopic (exact) mass is 468 g/mol. The molecule has 0 radical (unpaired) electrons. The van der Waals surface area contributed by atoms with E-state index in [0.717, 1.165) is 46.6 Å². The highest BCUT2D eigenvalue weighted by molar-refractivity contribution is 9.10. The summed E-state index contributed by atoms with van der Waals surface area (Å²) in [6, 6.07) is 14.4. The van der Waals surface area contributed by atoms with Crippen molar-refractivity contribution in [2.24, 2.45) is 7.05 Å². The molecule has 2 heterocycles. The maximum Gasteiger partial charge on any atom is 0.306 e. The molecular formula is C24H25BrN2O3. The number of esters is 1. The van der Waals surface area contributed by atoms with E-state index in [9.17, 15) is 4.79 Å². The van der Waals surface area contributed by atoms with Crippen LogP contribution in [0.4, 0.5) is 0 Å². The maximum atomic E-state index is 11.5. The number of halogens is 1. The molecule has 30 heavy (non-hydrogen) atoms. The molecule has 1 aliphatic rings. The Hall–Kier alpha value is -2.60. The molecular weight excluding hydrogens is 444 g/mol. The van der Waals surface area contributed by atoms with E-state index in [4.69, 9.17) is 14.5 Å². The second-order valence-corrected chi connectivity index (χ2v) is 8.45. The Bertz CT molecular complexity index is 1060. The van der Waals surface area contributed by atoms with E-state index in [-0.39, 0.29) is 5.97 Å². The van der Waals surface area contributed by atoms with Gasteiger partial charge in [-0.15, -0.1) is 0 Å². The zero-order chi connectivity index (χ0) is 21.1. The van der Waals surface area contributed by atoms with E-state index in [1.165, 1.54) is 16.8 Å². The Morgan fingerprint density at radius 3 is 2.70 bits per heavy atom. The van der Waals surface area contributed by atoms with Gasteiger partial charge in [0, 0.05) is 42.0 Å². The third-order valence-electron chi connectivity index (χ3n) is 5.53. The van der Waals surface area contributed by atoms with Crippen LogP contribution < -0.4 is 4.74 Å². The third kappa shape index (κ3) is 4.59. The number of fused-ring (bicyclic) bond motifs is 1. The molecule has 4 rings (SSSR count). The van der Waals surface area contributed by atoms with Gasteiger partial charge in [0.25, 0.3) is 0 Å². The predicted octanol–water partition coefficient (Wildman–Crippen LogP) is 4.81. The summed E-state index contributed by atoms with van der Waals surface area (Å²) in [5.74, 6) is 1.70. The van der Waals surface area contributed by atoms with Crippen LogP contribution in [-0.2, 0) is 35.8 Å². The van der Waals surface area contributed by atoms with Gasteiger partial charge >= 0.3 is 5.97 Å².